The van der Waals surface area contributed by atoms with Gasteiger partial charge in [0.05, 0.1) is 11.7 Å². The van der Waals surface area contributed by atoms with E-state index in [1.807, 2.05) is 25.7 Å². The Morgan fingerprint density at radius 3 is 2.32 bits per heavy atom. The Morgan fingerprint density at radius 1 is 1.08 bits per heavy atom. The van der Waals surface area contributed by atoms with Crippen molar-refractivity contribution in [2.24, 2.45) is 5.41 Å². The fourth-order valence-electron chi connectivity index (χ4n) is 3.62. The summed E-state index contributed by atoms with van der Waals surface area (Å²) in [6.45, 7) is 8.95. The number of amides is 2. The molecule has 1 aromatic rings. The van der Waals surface area contributed by atoms with Gasteiger partial charge >= 0.3 is 0 Å². The maximum atomic E-state index is 14.0. The summed E-state index contributed by atoms with van der Waals surface area (Å²) in [5.74, 6) is -0.254. The van der Waals surface area contributed by atoms with Gasteiger partial charge in [0, 0.05) is 38.1 Å². The molecule has 0 spiro atoms. The molecule has 0 N–H and O–H groups in total. The molecule has 136 valence electrons. The lowest BCUT2D eigenvalue weighted by atomic mass is 9.94. The SMILES string of the molecule is CC(C)(C)C(=O)N1CCN([C@H]2CCN(c3ccccc3F)C2=O)CC1. The Kier molecular flexibility index (Phi) is 4.82. The van der Waals surface area contributed by atoms with Crippen molar-refractivity contribution in [1.82, 2.24) is 9.80 Å². The van der Waals surface area contributed by atoms with Gasteiger partial charge < -0.3 is 9.80 Å². The average molecular weight is 347 g/mol. The molecule has 25 heavy (non-hydrogen) atoms. The number of carbonyl (C=O) groups excluding carboxylic acids is 2. The van der Waals surface area contributed by atoms with Gasteiger partial charge in [-0.3, -0.25) is 14.5 Å². The molecule has 3 rings (SSSR count). The smallest absolute Gasteiger partial charge is 0.244 e. The second kappa shape index (κ2) is 6.75. The van der Waals surface area contributed by atoms with Crippen molar-refractivity contribution in [3.63, 3.8) is 0 Å². The minimum atomic E-state index is -0.382. The fourth-order valence-corrected chi connectivity index (χ4v) is 3.62. The van der Waals surface area contributed by atoms with Crippen LogP contribution in [0.4, 0.5) is 10.1 Å². The molecule has 0 aromatic heterocycles. The molecule has 0 aliphatic carbocycles. The number of hydrogen-bond acceptors (Lipinski definition) is 3. The number of anilines is 1. The van der Waals surface area contributed by atoms with Crippen LogP contribution in [0, 0.1) is 11.2 Å². The molecule has 0 saturated carbocycles. The van der Waals surface area contributed by atoms with E-state index < -0.39 is 0 Å². The molecule has 0 radical (unpaired) electrons. The largest absolute Gasteiger partial charge is 0.340 e. The summed E-state index contributed by atoms with van der Waals surface area (Å²) >= 11 is 0. The highest BCUT2D eigenvalue weighted by atomic mass is 19.1. The van der Waals surface area contributed by atoms with E-state index in [4.69, 9.17) is 0 Å². The molecule has 1 atom stereocenters. The van der Waals surface area contributed by atoms with Crippen LogP contribution in [0.3, 0.4) is 0 Å². The van der Waals surface area contributed by atoms with Crippen LogP contribution in [0.1, 0.15) is 27.2 Å². The lowest BCUT2D eigenvalue weighted by Gasteiger charge is -2.39. The Morgan fingerprint density at radius 2 is 1.72 bits per heavy atom. The van der Waals surface area contributed by atoms with Gasteiger partial charge in [-0.2, -0.15) is 0 Å². The molecule has 6 heteroatoms. The molecule has 1 aromatic carbocycles. The summed E-state index contributed by atoms with van der Waals surface area (Å²) in [6.07, 6.45) is 0.695. The van der Waals surface area contributed by atoms with Crippen LogP contribution in [0.15, 0.2) is 24.3 Å². The van der Waals surface area contributed by atoms with Crippen LogP contribution in [-0.2, 0) is 9.59 Å². The van der Waals surface area contributed by atoms with Gasteiger partial charge in [0.2, 0.25) is 11.8 Å². The zero-order valence-electron chi connectivity index (χ0n) is 15.2. The monoisotopic (exact) mass is 347 g/mol. The highest BCUT2D eigenvalue weighted by Crippen LogP contribution is 2.27. The Balaban J connectivity index is 1.63. The van der Waals surface area contributed by atoms with Gasteiger partial charge in [0.25, 0.3) is 0 Å². The van der Waals surface area contributed by atoms with Crippen molar-refractivity contribution in [3.8, 4) is 0 Å². The Bertz CT molecular complexity index is 663. The van der Waals surface area contributed by atoms with Crippen molar-refractivity contribution in [2.75, 3.05) is 37.6 Å². The van der Waals surface area contributed by atoms with E-state index in [1.165, 1.54) is 6.07 Å². The molecule has 2 heterocycles. The van der Waals surface area contributed by atoms with Crippen LogP contribution in [0.2, 0.25) is 0 Å². The molecule has 2 saturated heterocycles. The van der Waals surface area contributed by atoms with Gasteiger partial charge in [0.15, 0.2) is 0 Å². The van der Waals surface area contributed by atoms with Crippen molar-refractivity contribution < 1.29 is 14.0 Å². The first-order valence-corrected chi connectivity index (χ1v) is 8.88. The molecular weight excluding hydrogens is 321 g/mol. The van der Waals surface area contributed by atoms with E-state index in [0.717, 1.165) is 0 Å². The van der Waals surface area contributed by atoms with E-state index >= 15 is 0 Å². The predicted molar refractivity (Wildman–Crippen MR) is 94.8 cm³/mol. The van der Waals surface area contributed by atoms with E-state index in [1.54, 1.807) is 23.1 Å². The number of carbonyl (C=O) groups is 2. The first-order valence-electron chi connectivity index (χ1n) is 8.88. The number of hydrogen-bond donors (Lipinski definition) is 0. The number of rotatable bonds is 2. The fraction of sp³-hybridized carbons (Fsp3) is 0.579. The number of nitrogens with zero attached hydrogens (tertiary/aromatic N) is 3. The molecular formula is C19H26FN3O2. The minimum Gasteiger partial charge on any atom is -0.340 e. The first-order chi connectivity index (χ1) is 11.8. The summed E-state index contributed by atoms with van der Waals surface area (Å²) in [6, 6.07) is 6.19. The third-order valence-electron chi connectivity index (χ3n) is 5.00. The normalized spacial score (nSPS) is 22.6. The third-order valence-corrected chi connectivity index (χ3v) is 5.00. The van der Waals surface area contributed by atoms with Gasteiger partial charge in [-0.25, -0.2) is 4.39 Å². The molecule has 0 unspecified atom stereocenters. The lowest BCUT2D eigenvalue weighted by molar-refractivity contribution is -0.141. The van der Waals surface area contributed by atoms with Crippen LogP contribution in [0.5, 0.6) is 0 Å². The summed E-state index contributed by atoms with van der Waals surface area (Å²) < 4.78 is 14.0. The van der Waals surface area contributed by atoms with Gasteiger partial charge in [-0.1, -0.05) is 32.9 Å². The quantitative estimate of drug-likeness (QED) is 0.823. The highest BCUT2D eigenvalue weighted by Gasteiger charge is 2.39. The predicted octanol–water partition coefficient (Wildman–Crippen LogP) is 2.12. The summed E-state index contributed by atoms with van der Waals surface area (Å²) in [7, 11) is 0. The number of piperazine rings is 1. The lowest BCUT2D eigenvalue weighted by Crippen LogP contribution is -2.55. The van der Waals surface area contributed by atoms with Crippen LogP contribution < -0.4 is 4.90 Å². The molecule has 2 fully saturated rings. The second-order valence-corrected chi connectivity index (χ2v) is 7.82. The molecule has 5 nitrogen and oxygen atoms in total. The Labute approximate surface area is 148 Å². The van der Waals surface area contributed by atoms with Crippen LogP contribution in [-0.4, -0.2) is 60.4 Å². The first kappa shape index (κ1) is 17.9. The van der Waals surface area contributed by atoms with Crippen molar-refractivity contribution >= 4 is 17.5 Å². The molecule has 0 bridgehead atoms. The van der Waals surface area contributed by atoms with Crippen molar-refractivity contribution in [2.45, 2.75) is 33.2 Å². The van der Waals surface area contributed by atoms with Crippen LogP contribution in [0.25, 0.3) is 0 Å². The number of benzene rings is 1. The maximum absolute atomic E-state index is 14.0. The van der Waals surface area contributed by atoms with Gasteiger partial charge in [0.1, 0.15) is 5.82 Å². The summed E-state index contributed by atoms with van der Waals surface area (Å²) in [4.78, 5) is 30.7. The average Bonchev–Trinajstić information content (AvgIpc) is 2.95. The Hall–Kier alpha value is -1.95. The van der Waals surface area contributed by atoms with E-state index in [0.29, 0.717) is 44.8 Å². The van der Waals surface area contributed by atoms with E-state index in [9.17, 15) is 14.0 Å². The zero-order valence-corrected chi connectivity index (χ0v) is 15.2. The van der Waals surface area contributed by atoms with Crippen molar-refractivity contribution in [1.29, 1.82) is 0 Å². The number of halogens is 1. The van der Waals surface area contributed by atoms with Gasteiger partial charge in [-0.05, 0) is 18.6 Å². The topological polar surface area (TPSA) is 43.9 Å². The third kappa shape index (κ3) is 3.54. The van der Waals surface area contributed by atoms with E-state index in [2.05, 4.69) is 4.90 Å². The highest BCUT2D eigenvalue weighted by molar-refractivity contribution is 5.99. The maximum Gasteiger partial charge on any atom is 0.244 e. The summed E-state index contributed by atoms with van der Waals surface area (Å²) in [5, 5.41) is 0. The minimum absolute atomic E-state index is 0.0410. The van der Waals surface area contributed by atoms with E-state index in [-0.39, 0.29) is 29.1 Å². The molecule has 2 aliphatic heterocycles. The second-order valence-electron chi connectivity index (χ2n) is 7.82. The number of para-hydroxylation sites is 1. The standard InChI is InChI=1S/C19H26FN3O2/c1-19(2,3)18(25)22-12-10-21(11-13-22)16-8-9-23(17(16)24)15-7-5-4-6-14(15)20/h4-7,16H,8-13H2,1-3H3/t16-/m0/s1. The van der Waals surface area contributed by atoms with Crippen molar-refractivity contribution in [3.05, 3.63) is 30.1 Å². The van der Waals surface area contributed by atoms with Gasteiger partial charge in [-0.15, -0.1) is 0 Å². The molecule has 2 amide bonds. The summed E-state index contributed by atoms with van der Waals surface area (Å²) in [5.41, 5.74) is -0.0240. The zero-order chi connectivity index (χ0) is 18.2. The van der Waals surface area contributed by atoms with Crippen LogP contribution >= 0.6 is 0 Å². The molecule has 2 aliphatic rings.